The van der Waals surface area contributed by atoms with Crippen LogP contribution in [-0.4, -0.2) is 20.2 Å². The number of hydrogen-bond donors (Lipinski definition) is 3. The van der Waals surface area contributed by atoms with Crippen molar-refractivity contribution in [3.05, 3.63) is 24.3 Å². The summed E-state index contributed by atoms with van der Waals surface area (Å²) in [4.78, 5) is 8.01. The lowest BCUT2D eigenvalue weighted by Gasteiger charge is -2.01. The standard InChI is InChI=1S/C8H10N6/c1-5-7(4-12-14-5)13-8-10-2-6(9)3-11-8/h2-4H,9H2,1H3,(H,12,14)(H,10,11,13). The Morgan fingerprint density at radius 3 is 2.57 bits per heavy atom. The Morgan fingerprint density at radius 2 is 2.00 bits per heavy atom. The molecule has 0 aromatic carbocycles. The Balaban J connectivity index is 2.19. The molecule has 0 aliphatic rings. The quantitative estimate of drug-likeness (QED) is 0.652. The maximum Gasteiger partial charge on any atom is 0.227 e. The van der Waals surface area contributed by atoms with Crippen LogP contribution in [0.15, 0.2) is 18.6 Å². The highest BCUT2D eigenvalue weighted by Gasteiger charge is 2.01. The second kappa shape index (κ2) is 3.33. The van der Waals surface area contributed by atoms with Crippen LogP contribution in [0.3, 0.4) is 0 Å². The van der Waals surface area contributed by atoms with Gasteiger partial charge in [-0.1, -0.05) is 0 Å². The zero-order chi connectivity index (χ0) is 9.97. The third kappa shape index (κ3) is 1.63. The predicted octanol–water partition coefficient (Wildman–Crippen LogP) is 0.834. The number of nitrogen functional groups attached to an aromatic ring is 1. The lowest BCUT2D eigenvalue weighted by Crippen LogP contribution is -1.98. The number of nitrogens with zero attached hydrogens (tertiary/aromatic N) is 3. The van der Waals surface area contributed by atoms with Gasteiger partial charge in [-0.25, -0.2) is 9.97 Å². The van der Waals surface area contributed by atoms with Crippen LogP contribution in [0.5, 0.6) is 0 Å². The average Bonchev–Trinajstić information content (AvgIpc) is 2.56. The van der Waals surface area contributed by atoms with Gasteiger partial charge in [-0.3, -0.25) is 5.10 Å². The van der Waals surface area contributed by atoms with Crippen LogP contribution < -0.4 is 11.1 Å². The molecule has 2 rings (SSSR count). The highest BCUT2D eigenvalue weighted by molar-refractivity contribution is 5.54. The molecule has 2 heterocycles. The molecule has 0 aliphatic carbocycles. The van der Waals surface area contributed by atoms with E-state index in [4.69, 9.17) is 5.73 Å². The summed E-state index contributed by atoms with van der Waals surface area (Å²) in [5.41, 5.74) is 7.79. The molecule has 0 unspecified atom stereocenters. The summed E-state index contributed by atoms with van der Waals surface area (Å²) < 4.78 is 0. The van der Waals surface area contributed by atoms with Crippen LogP contribution >= 0.6 is 0 Å². The molecule has 6 heteroatoms. The molecule has 0 fully saturated rings. The number of aromatic amines is 1. The second-order valence-corrected chi connectivity index (χ2v) is 2.87. The van der Waals surface area contributed by atoms with Crippen LogP contribution in [0.25, 0.3) is 0 Å². The molecular weight excluding hydrogens is 180 g/mol. The summed E-state index contributed by atoms with van der Waals surface area (Å²) in [5.74, 6) is 0.503. The van der Waals surface area contributed by atoms with Gasteiger partial charge in [0.05, 0.1) is 35.7 Å². The first-order chi connectivity index (χ1) is 6.75. The Bertz CT molecular complexity index is 418. The first-order valence-electron chi connectivity index (χ1n) is 4.10. The molecule has 0 amide bonds. The number of aryl methyl sites for hydroxylation is 1. The fourth-order valence-electron chi connectivity index (χ4n) is 1.000. The predicted molar refractivity (Wildman–Crippen MR) is 53.1 cm³/mol. The van der Waals surface area contributed by atoms with Gasteiger partial charge >= 0.3 is 0 Å². The van der Waals surface area contributed by atoms with Crippen molar-refractivity contribution in [1.82, 2.24) is 20.2 Å². The molecule has 0 saturated carbocycles. The summed E-state index contributed by atoms with van der Waals surface area (Å²) in [7, 11) is 0. The SMILES string of the molecule is Cc1[nH]ncc1Nc1ncc(N)cn1. The van der Waals surface area contributed by atoms with Gasteiger partial charge in [-0.15, -0.1) is 0 Å². The summed E-state index contributed by atoms with van der Waals surface area (Å²) in [5, 5.41) is 9.68. The summed E-state index contributed by atoms with van der Waals surface area (Å²) in [6.45, 7) is 1.91. The number of aromatic nitrogens is 4. The van der Waals surface area contributed by atoms with Gasteiger partial charge in [-0.05, 0) is 6.92 Å². The lowest BCUT2D eigenvalue weighted by atomic mass is 10.4. The largest absolute Gasteiger partial charge is 0.396 e. The maximum absolute atomic E-state index is 5.46. The van der Waals surface area contributed by atoms with Crippen molar-refractivity contribution in [2.24, 2.45) is 0 Å². The van der Waals surface area contributed by atoms with Crippen LogP contribution in [-0.2, 0) is 0 Å². The van der Waals surface area contributed by atoms with Gasteiger partial charge in [0.2, 0.25) is 5.95 Å². The number of H-pyrrole nitrogens is 1. The minimum Gasteiger partial charge on any atom is -0.396 e. The van der Waals surface area contributed by atoms with Gasteiger partial charge in [0, 0.05) is 0 Å². The zero-order valence-electron chi connectivity index (χ0n) is 7.65. The fourth-order valence-corrected chi connectivity index (χ4v) is 1.000. The van der Waals surface area contributed by atoms with Crippen LogP contribution in [0, 0.1) is 6.92 Å². The molecule has 0 aliphatic heterocycles. The number of nitrogens with one attached hydrogen (secondary N) is 2. The Hall–Kier alpha value is -2.11. The Labute approximate surface area is 80.6 Å². The lowest BCUT2D eigenvalue weighted by molar-refractivity contribution is 1.05. The van der Waals surface area contributed by atoms with E-state index in [1.807, 2.05) is 6.92 Å². The minimum atomic E-state index is 0.503. The molecule has 0 radical (unpaired) electrons. The molecular formula is C8H10N6. The summed E-state index contributed by atoms with van der Waals surface area (Å²) >= 11 is 0. The topological polar surface area (TPSA) is 92.5 Å². The fraction of sp³-hybridized carbons (Fsp3) is 0.125. The van der Waals surface area contributed by atoms with E-state index in [1.165, 1.54) is 0 Å². The summed E-state index contributed by atoms with van der Waals surface area (Å²) in [6, 6.07) is 0. The molecule has 2 aromatic rings. The molecule has 6 nitrogen and oxygen atoms in total. The highest BCUT2D eigenvalue weighted by atomic mass is 15.2. The van der Waals surface area contributed by atoms with E-state index < -0.39 is 0 Å². The Kier molecular flexibility index (Phi) is 2.02. The smallest absolute Gasteiger partial charge is 0.227 e. The third-order valence-corrected chi connectivity index (χ3v) is 1.75. The monoisotopic (exact) mass is 190 g/mol. The van der Waals surface area contributed by atoms with Gasteiger partial charge in [0.25, 0.3) is 0 Å². The van der Waals surface area contributed by atoms with E-state index in [0.29, 0.717) is 11.6 Å². The van der Waals surface area contributed by atoms with Crippen molar-refractivity contribution in [3.8, 4) is 0 Å². The number of nitrogens with two attached hydrogens (primary N) is 1. The van der Waals surface area contributed by atoms with Crippen molar-refractivity contribution in [2.75, 3.05) is 11.1 Å². The molecule has 2 aromatic heterocycles. The summed E-state index contributed by atoms with van der Waals surface area (Å²) in [6.07, 6.45) is 4.77. The van der Waals surface area contributed by atoms with Crippen molar-refractivity contribution < 1.29 is 0 Å². The van der Waals surface area contributed by atoms with Gasteiger partial charge < -0.3 is 11.1 Å². The molecule has 72 valence electrons. The molecule has 4 N–H and O–H groups in total. The molecule has 0 bridgehead atoms. The zero-order valence-corrected chi connectivity index (χ0v) is 7.65. The van der Waals surface area contributed by atoms with Gasteiger partial charge in [-0.2, -0.15) is 5.10 Å². The first-order valence-corrected chi connectivity index (χ1v) is 4.10. The molecule has 14 heavy (non-hydrogen) atoms. The number of hydrogen-bond acceptors (Lipinski definition) is 5. The molecule has 0 atom stereocenters. The molecule has 0 spiro atoms. The maximum atomic E-state index is 5.46. The normalized spacial score (nSPS) is 10.1. The van der Waals surface area contributed by atoms with E-state index >= 15 is 0 Å². The Morgan fingerprint density at radius 1 is 1.29 bits per heavy atom. The average molecular weight is 190 g/mol. The second-order valence-electron chi connectivity index (χ2n) is 2.87. The third-order valence-electron chi connectivity index (χ3n) is 1.75. The van der Waals surface area contributed by atoms with E-state index in [0.717, 1.165) is 11.4 Å². The van der Waals surface area contributed by atoms with E-state index in [9.17, 15) is 0 Å². The van der Waals surface area contributed by atoms with Crippen molar-refractivity contribution >= 4 is 17.3 Å². The van der Waals surface area contributed by atoms with Crippen molar-refractivity contribution in [1.29, 1.82) is 0 Å². The van der Waals surface area contributed by atoms with Crippen LogP contribution in [0.1, 0.15) is 5.69 Å². The van der Waals surface area contributed by atoms with Gasteiger partial charge in [0.15, 0.2) is 0 Å². The number of rotatable bonds is 2. The first kappa shape index (κ1) is 8.49. The van der Waals surface area contributed by atoms with Crippen LogP contribution in [0.2, 0.25) is 0 Å². The van der Waals surface area contributed by atoms with Crippen LogP contribution in [0.4, 0.5) is 17.3 Å². The molecule has 0 saturated heterocycles. The number of anilines is 3. The van der Waals surface area contributed by atoms with Crippen molar-refractivity contribution in [3.63, 3.8) is 0 Å². The van der Waals surface area contributed by atoms with Gasteiger partial charge in [0.1, 0.15) is 0 Å². The minimum absolute atomic E-state index is 0.503. The van der Waals surface area contributed by atoms with E-state index in [2.05, 4.69) is 25.5 Å². The highest BCUT2D eigenvalue weighted by Crippen LogP contribution is 2.14. The van der Waals surface area contributed by atoms with E-state index in [1.54, 1.807) is 18.6 Å². The van der Waals surface area contributed by atoms with E-state index in [-0.39, 0.29) is 0 Å². The van der Waals surface area contributed by atoms with Crippen molar-refractivity contribution in [2.45, 2.75) is 6.92 Å².